The first-order valence-electron chi connectivity index (χ1n) is 13.9. The van der Waals surface area contributed by atoms with Crippen LogP contribution in [0.3, 0.4) is 0 Å². The van der Waals surface area contributed by atoms with Crippen LogP contribution in [0.2, 0.25) is 0 Å². The van der Waals surface area contributed by atoms with E-state index in [-0.39, 0.29) is 25.0 Å². The average Bonchev–Trinajstić information content (AvgIpc) is 3.69. The third-order valence-electron chi connectivity index (χ3n) is 8.49. The van der Waals surface area contributed by atoms with E-state index in [4.69, 9.17) is 4.74 Å². The van der Waals surface area contributed by atoms with Crippen molar-refractivity contribution >= 4 is 18.0 Å². The summed E-state index contributed by atoms with van der Waals surface area (Å²) >= 11 is 0. The molecule has 3 aliphatic rings. The average molecular weight is 540 g/mol. The lowest BCUT2D eigenvalue weighted by atomic mass is 9.96. The number of nitrogens with zero attached hydrogens (tertiary/aromatic N) is 2. The van der Waals surface area contributed by atoms with Gasteiger partial charge in [0.15, 0.2) is 0 Å². The van der Waals surface area contributed by atoms with E-state index < -0.39 is 23.6 Å². The first-order chi connectivity index (χ1) is 19.4. The number of fused-ring (bicyclic) bond motifs is 3. The Labute approximate surface area is 233 Å². The number of aliphatic carboxylic acids is 1. The van der Waals surface area contributed by atoms with Crippen LogP contribution in [0.15, 0.2) is 78.9 Å². The van der Waals surface area contributed by atoms with Crippen LogP contribution < -0.4 is 5.32 Å². The number of hydrogen-bond donors (Lipinski definition) is 2. The molecule has 2 unspecified atom stereocenters. The minimum absolute atomic E-state index is 0.0991. The molecule has 2 amide bonds. The molecular weight excluding hydrogens is 506 g/mol. The first kappa shape index (κ1) is 26.1. The third kappa shape index (κ3) is 4.84. The molecule has 2 aliphatic heterocycles. The summed E-state index contributed by atoms with van der Waals surface area (Å²) in [4.78, 5) is 42.8. The van der Waals surface area contributed by atoms with Crippen LogP contribution in [0, 0.1) is 0 Å². The molecule has 2 saturated heterocycles. The molecule has 2 N–H and O–H groups in total. The van der Waals surface area contributed by atoms with Crippen molar-refractivity contribution in [2.24, 2.45) is 0 Å². The molecule has 1 aliphatic carbocycles. The quantitative estimate of drug-likeness (QED) is 0.466. The molecule has 6 rings (SSSR count). The fourth-order valence-corrected chi connectivity index (χ4v) is 6.57. The lowest BCUT2D eigenvalue weighted by Gasteiger charge is -2.35. The molecule has 0 spiro atoms. The van der Waals surface area contributed by atoms with Gasteiger partial charge >= 0.3 is 12.1 Å². The predicted molar refractivity (Wildman–Crippen MR) is 150 cm³/mol. The fourth-order valence-electron chi connectivity index (χ4n) is 6.57. The number of likely N-dealkylation sites (tertiary alicyclic amines) is 2. The Morgan fingerprint density at radius 3 is 2.23 bits per heavy atom. The number of carboxylic acid groups (broad SMARTS) is 1. The topological polar surface area (TPSA) is 99.2 Å². The minimum Gasteiger partial charge on any atom is -0.480 e. The number of amides is 2. The maximum absolute atomic E-state index is 14.0. The van der Waals surface area contributed by atoms with Crippen LogP contribution in [0.25, 0.3) is 11.1 Å². The molecule has 2 atom stereocenters. The molecule has 0 aromatic heterocycles. The zero-order valence-electron chi connectivity index (χ0n) is 22.3. The van der Waals surface area contributed by atoms with Gasteiger partial charge in [0.2, 0.25) is 0 Å². The number of alkyl carbamates (subject to hydrolysis) is 1. The monoisotopic (exact) mass is 539 g/mol. The van der Waals surface area contributed by atoms with E-state index in [0.717, 1.165) is 27.8 Å². The van der Waals surface area contributed by atoms with Gasteiger partial charge in [-0.1, -0.05) is 78.9 Å². The van der Waals surface area contributed by atoms with Gasteiger partial charge in [-0.3, -0.25) is 9.69 Å². The maximum Gasteiger partial charge on any atom is 0.408 e. The van der Waals surface area contributed by atoms with Gasteiger partial charge in [-0.05, 0) is 47.1 Å². The van der Waals surface area contributed by atoms with Crippen molar-refractivity contribution in [1.82, 2.24) is 15.1 Å². The summed E-state index contributed by atoms with van der Waals surface area (Å²) in [6, 6.07) is 25.3. The van der Waals surface area contributed by atoms with Crippen molar-refractivity contribution in [2.75, 3.05) is 26.2 Å². The Kier molecular flexibility index (Phi) is 7.02. The van der Waals surface area contributed by atoms with E-state index in [1.807, 2.05) is 54.6 Å². The number of benzene rings is 3. The van der Waals surface area contributed by atoms with Crippen molar-refractivity contribution in [1.29, 1.82) is 0 Å². The number of ether oxygens (including phenoxy) is 1. The van der Waals surface area contributed by atoms with E-state index in [1.54, 1.807) is 0 Å². The van der Waals surface area contributed by atoms with E-state index >= 15 is 0 Å². The molecule has 40 heavy (non-hydrogen) atoms. The van der Waals surface area contributed by atoms with Crippen LogP contribution in [0.1, 0.15) is 41.9 Å². The number of rotatable bonds is 7. The number of hydrogen-bond acceptors (Lipinski definition) is 5. The zero-order valence-corrected chi connectivity index (χ0v) is 22.3. The lowest BCUT2D eigenvalue weighted by molar-refractivity contribution is -0.150. The number of nitrogens with one attached hydrogen (secondary N) is 1. The summed E-state index contributed by atoms with van der Waals surface area (Å²) in [6.45, 7) is 2.01. The second-order valence-electron chi connectivity index (χ2n) is 11.0. The number of carboxylic acids is 1. The van der Waals surface area contributed by atoms with Gasteiger partial charge in [-0.25, -0.2) is 9.59 Å². The van der Waals surface area contributed by atoms with Crippen molar-refractivity contribution in [2.45, 2.75) is 43.3 Å². The largest absolute Gasteiger partial charge is 0.480 e. The van der Waals surface area contributed by atoms with Crippen molar-refractivity contribution in [3.05, 3.63) is 95.6 Å². The van der Waals surface area contributed by atoms with Gasteiger partial charge in [0.25, 0.3) is 5.91 Å². The predicted octanol–water partition coefficient (Wildman–Crippen LogP) is 4.25. The molecule has 3 aromatic rings. The van der Waals surface area contributed by atoms with Crippen LogP contribution in [0.5, 0.6) is 0 Å². The van der Waals surface area contributed by atoms with Gasteiger partial charge in [0.05, 0.1) is 0 Å². The van der Waals surface area contributed by atoms with Gasteiger partial charge in [0.1, 0.15) is 18.2 Å². The fraction of sp³-hybridized carbons (Fsp3) is 0.344. The second-order valence-corrected chi connectivity index (χ2v) is 11.0. The summed E-state index contributed by atoms with van der Waals surface area (Å²) < 4.78 is 5.81. The zero-order chi connectivity index (χ0) is 27.7. The minimum atomic E-state index is -1.25. The SMILES string of the molecule is O=C(NC1(C(=O)N2CCCC2C(=O)O)CCN(Cc2ccccc2)C1)OCC1c2ccccc2-c2ccccc21. The second kappa shape index (κ2) is 10.8. The van der Waals surface area contributed by atoms with E-state index in [1.165, 1.54) is 4.90 Å². The summed E-state index contributed by atoms with van der Waals surface area (Å²) in [5, 5.41) is 12.7. The molecule has 0 bridgehead atoms. The van der Waals surface area contributed by atoms with E-state index in [0.29, 0.717) is 38.9 Å². The standard InChI is InChI=1S/C32H33N3O5/c36-29(37)28-15-8-17-35(28)30(38)32(16-18-34(21-32)19-22-9-2-1-3-10-22)33-31(39)40-20-27-25-13-6-4-11-23(25)24-12-5-7-14-26(24)27/h1-7,9-14,27-28H,8,15-21H2,(H,33,39)(H,36,37). The van der Waals surface area contributed by atoms with Gasteiger partial charge < -0.3 is 20.1 Å². The molecule has 3 aromatic carbocycles. The molecule has 2 fully saturated rings. The summed E-state index contributed by atoms with van der Waals surface area (Å²) in [7, 11) is 0. The summed E-state index contributed by atoms with van der Waals surface area (Å²) in [6.07, 6.45) is 0.752. The highest BCUT2D eigenvalue weighted by Crippen LogP contribution is 2.44. The molecule has 2 heterocycles. The van der Waals surface area contributed by atoms with Gasteiger partial charge in [-0.15, -0.1) is 0 Å². The smallest absolute Gasteiger partial charge is 0.408 e. The number of carbonyl (C=O) groups excluding carboxylic acids is 2. The molecule has 8 heteroatoms. The Balaban J connectivity index is 1.20. The van der Waals surface area contributed by atoms with Crippen molar-refractivity contribution < 1.29 is 24.2 Å². The van der Waals surface area contributed by atoms with Crippen molar-refractivity contribution in [3.8, 4) is 11.1 Å². The first-order valence-corrected chi connectivity index (χ1v) is 13.9. The molecular formula is C32H33N3O5. The summed E-state index contributed by atoms with van der Waals surface area (Å²) in [5.74, 6) is -1.46. The normalized spacial score (nSPS) is 22.1. The lowest BCUT2D eigenvalue weighted by Crippen LogP contribution is -2.62. The molecule has 0 radical (unpaired) electrons. The van der Waals surface area contributed by atoms with Crippen LogP contribution >= 0.6 is 0 Å². The molecule has 206 valence electrons. The van der Waals surface area contributed by atoms with Gasteiger partial charge in [-0.2, -0.15) is 0 Å². The van der Waals surface area contributed by atoms with Gasteiger partial charge in [0, 0.05) is 32.1 Å². The Morgan fingerprint density at radius 1 is 0.900 bits per heavy atom. The Morgan fingerprint density at radius 2 is 1.55 bits per heavy atom. The maximum atomic E-state index is 14.0. The molecule has 0 saturated carbocycles. The molecule has 8 nitrogen and oxygen atoms in total. The Bertz CT molecular complexity index is 1380. The van der Waals surface area contributed by atoms with Crippen molar-refractivity contribution in [3.63, 3.8) is 0 Å². The summed E-state index contributed by atoms with van der Waals surface area (Å²) in [5.41, 5.74) is 4.35. The number of carbonyl (C=O) groups is 3. The highest BCUT2D eigenvalue weighted by molar-refractivity contribution is 5.94. The van der Waals surface area contributed by atoms with Crippen LogP contribution in [-0.4, -0.2) is 70.7 Å². The van der Waals surface area contributed by atoms with E-state index in [9.17, 15) is 19.5 Å². The third-order valence-corrected chi connectivity index (χ3v) is 8.49. The highest BCUT2D eigenvalue weighted by Gasteiger charge is 2.51. The highest BCUT2D eigenvalue weighted by atomic mass is 16.5. The van der Waals surface area contributed by atoms with Crippen LogP contribution in [0.4, 0.5) is 4.79 Å². The Hall–Kier alpha value is -4.17. The van der Waals surface area contributed by atoms with E-state index in [2.05, 4.69) is 34.5 Å². The van der Waals surface area contributed by atoms with Crippen LogP contribution in [-0.2, 0) is 20.9 Å².